The molecule has 0 aliphatic carbocycles. The van der Waals surface area contributed by atoms with Gasteiger partial charge in [-0.1, -0.05) is 17.7 Å². The van der Waals surface area contributed by atoms with Crippen molar-refractivity contribution in [1.29, 1.82) is 0 Å². The Morgan fingerprint density at radius 1 is 1.21 bits per heavy atom. The molecule has 0 saturated heterocycles. The first kappa shape index (κ1) is 21.3. The minimum atomic E-state index is -0.331. The van der Waals surface area contributed by atoms with E-state index in [0.717, 1.165) is 5.56 Å². The number of hydrogen-bond donors (Lipinski definition) is 2. The first-order valence-electron chi connectivity index (χ1n) is 8.71. The Morgan fingerprint density at radius 3 is 2.61 bits per heavy atom. The maximum atomic E-state index is 12.3. The topological polar surface area (TPSA) is 76.7 Å². The molecule has 0 atom stereocenters. The third-order valence-corrected chi connectivity index (χ3v) is 4.23. The third-order valence-electron chi connectivity index (χ3n) is 3.95. The van der Waals surface area contributed by atoms with Crippen LogP contribution in [0.5, 0.6) is 11.5 Å². The summed E-state index contributed by atoms with van der Waals surface area (Å²) in [5.74, 6) is 0.405. The molecule has 6 nitrogen and oxygen atoms in total. The summed E-state index contributed by atoms with van der Waals surface area (Å²) in [7, 11) is 3.07. The first-order valence-corrected chi connectivity index (χ1v) is 9.09. The molecule has 0 bridgehead atoms. The molecule has 2 aromatic carbocycles. The lowest BCUT2D eigenvalue weighted by Crippen LogP contribution is -2.18. The van der Waals surface area contributed by atoms with E-state index in [1.54, 1.807) is 43.5 Å². The smallest absolute Gasteiger partial charge is 0.251 e. The molecule has 0 saturated carbocycles. The van der Waals surface area contributed by atoms with Crippen LogP contribution < -0.4 is 20.1 Å². The van der Waals surface area contributed by atoms with Gasteiger partial charge in [-0.3, -0.25) is 9.59 Å². The average molecular weight is 403 g/mol. The molecule has 7 heteroatoms. The van der Waals surface area contributed by atoms with Gasteiger partial charge in [0.25, 0.3) is 5.91 Å². The molecular formula is C21H23ClN2O4. The van der Waals surface area contributed by atoms with Crippen molar-refractivity contribution in [2.45, 2.75) is 13.8 Å². The molecule has 0 fully saturated rings. The minimum Gasteiger partial charge on any atom is -0.491 e. The van der Waals surface area contributed by atoms with Gasteiger partial charge in [-0.15, -0.1) is 0 Å². The van der Waals surface area contributed by atoms with Gasteiger partial charge in [0.15, 0.2) is 11.5 Å². The van der Waals surface area contributed by atoms with Crippen molar-refractivity contribution in [2.24, 2.45) is 0 Å². The van der Waals surface area contributed by atoms with Gasteiger partial charge in [0.2, 0.25) is 5.91 Å². The van der Waals surface area contributed by atoms with Crippen LogP contribution in [-0.4, -0.2) is 32.6 Å². The summed E-state index contributed by atoms with van der Waals surface area (Å²) in [6.07, 6.45) is 3.01. The maximum Gasteiger partial charge on any atom is 0.251 e. The highest BCUT2D eigenvalue weighted by Crippen LogP contribution is 2.36. The number of ether oxygens (including phenoxy) is 2. The quantitative estimate of drug-likeness (QED) is 0.684. The van der Waals surface area contributed by atoms with Crippen molar-refractivity contribution >= 4 is 35.2 Å². The number of methoxy groups -OCH3 is 1. The highest BCUT2D eigenvalue weighted by molar-refractivity contribution is 6.32. The predicted molar refractivity (Wildman–Crippen MR) is 111 cm³/mol. The maximum absolute atomic E-state index is 12.3. The van der Waals surface area contributed by atoms with Crippen molar-refractivity contribution in [3.05, 3.63) is 58.1 Å². The van der Waals surface area contributed by atoms with E-state index >= 15 is 0 Å². The molecule has 0 radical (unpaired) electrons. The lowest BCUT2D eigenvalue weighted by molar-refractivity contribution is -0.111. The number of rotatable bonds is 7. The largest absolute Gasteiger partial charge is 0.491 e. The summed E-state index contributed by atoms with van der Waals surface area (Å²) in [6, 6.07) is 8.55. The van der Waals surface area contributed by atoms with Crippen LogP contribution in [0.15, 0.2) is 36.4 Å². The fourth-order valence-electron chi connectivity index (χ4n) is 2.53. The van der Waals surface area contributed by atoms with Crippen molar-refractivity contribution in [1.82, 2.24) is 5.32 Å². The van der Waals surface area contributed by atoms with Gasteiger partial charge in [-0.2, -0.15) is 0 Å². The summed E-state index contributed by atoms with van der Waals surface area (Å²) in [5.41, 5.74) is 2.58. The Morgan fingerprint density at radius 2 is 1.96 bits per heavy atom. The van der Waals surface area contributed by atoms with E-state index < -0.39 is 0 Å². The van der Waals surface area contributed by atoms with E-state index in [9.17, 15) is 9.59 Å². The number of carbonyl (C=O) groups is 2. The second-order valence-electron chi connectivity index (χ2n) is 5.90. The predicted octanol–water partition coefficient (Wildman–Crippen LogP) is 4.07. The highest BCUT2D eigenvalue weighted by atomic mass is 35.5. The molecule has 0 spiro atoms. The van der Waals surface area contributed by atoms with Gasteiger partial charge >= 0.3 is 0 Å². The number of carbonyl (C=O) groups excluding carboxylic acids is 2. The average Bonchev–Trinajstić information content (AvgIpc) is 2.67. The zero-order valence-electron chi connectivity index (χ0n) is 16.3. The minimum absolute atomic E-state index is 0.220. The number of amides is 2. The van der Waals surface area contributed by atoms with Crippen molar-refractivity contribution < 1.29 is 19.1 Å². The summed E-state index contributed by atoms with van der Waals surface area (Å²) in [6.45, 7) is 4.17. The van der Waals surface area contributed by atoms with Gasteiger partial charge in [0.1, 0.15) is 0 Å². The van der Waals surface area contributed by atoms with Crippen molar-refractivity contribution in [3.63, 3.8) is 0 Å². The van der Waals surface area contributed by atoms with E-state index in [2.05, 4.69) is 10.6 Å². The summed E-state index contributed by atoms with van der Waals surface area (Å²) < 4.78 is 10.8. The SMILES string of the molecule is CCOc1cc(/C=C/C(=O)Nc2cc(C(=O)NC)ccc2C)cc(Cl)c1OC. The summed E-state index contributed by atoms with van der Waals surface area (Å²) in [5, 5.41) is 5.73. The Labute approximate surface area is 169 Å². The van der Waals surface area contributed by atoms with Crippen molar-refractivity contribution in [3.8, 4) is 11.5 Å². The van der Waals surface area contributed by atoms with Crippen LogP contribution >= 0.6 is 11.6 Å². The van der Waals surface area contributed by atoms with Gasteiger partial charge in [-0.05, 0) is 55.3 Å². The standard InChI is InChI=1S/C21H23ClN2O4/c1-5-28-18-11-14(10-16(22)20(18)27-4)7-9-19(25)24-17-12-15(21(26)23-3)8-6-13(17)2/h6-12H,5H2,1-4H3,(H,23,26)(H,24,25)/b9-7+. The van der Waals surface area contributed by atoms with Gasteiger partial charge in [-0.25, -0.2) is 0 Å². The number of aryl methyl sites for hydroxylation is 1. The van der Waals surface area contributed by atoms with E-state index in [1.165, 1.54) is 13.2 Å². The lowest BCUT2D eigenvalue weighted by atomic mass is 10.1. The van der Waals surface area contributed by atoms with Crippen LogP contribution in [0.2, 0.25) is 5.02 Å². The van der Waals surface area contributed by atoms with Crippen LogP contribution in [0, 0.1) is 6.92 Å². The van der Waals surface area contributed by atoms with Gasteiger partial charge < -0.3 is 20.1 Å². The summed E-state index contributed by atoms with van der Waals surface area (Å²) >= 11 is 6.22. The number of anilines is 1. The molecule has 28 heavy (non-hydrogen) atoms. The molecule has 2 amide bonds. The molecule has 0 heterocycles. The molecule has 0 aliphatic rings. The number of benzene rings is 2. The van der Waals surface area contributed by atoms with Gasteiger partial charge in [0, 0.05) is 24.4 Å². The molecule has 2 rings (SSSR count). The van der Waals surface area contributed by atoms with Crippen LogP contribution in [0.1, 0.15) is 28.4 Å². The molecule has 0 aromatic heterocycles. The van der Waals surface area contributed by atoms with Gasteiger partial charge in [0.05, 0.1) is 18.7 Å². The fourth-order valence-corrected chi connectivity index (χ4v) is 2.83. The van der Waals surface area contributed by atoms with Crippen LogP contribution in [0.3, 0.4) is 0 Å². The second kappa shape index (κ2) is 9.80. The Kier molecular flexibility index (Phi) is 7.46. The zero-order chi connectivity index (χ0) is 20.7. The third kappa shape index (κ3) is 5.27. The Hall–Kier alpha value is -2.99. The highest BCUT2D eigenvalue weighted by Gasteiger charge is 2.11. The molecule has 2 N–H and O–H groups in total. The second-order valence-corrected chi connectivity index (χ2v) is 6.31. The van der Waals surface area contributed by atoms with Crippen LogP contribution in [-0.2, 0) is 4.79 Å². The molecule has 148 valence electrons. The van der Waals surface area contributed by atoms with Crippen LogP contribution in [0.4, 0.5) is 5.69 Å². The number of halogens is 1. The lowest BCUT2D eigenvalue weighted by Gasteiger charge is -2.12. The van der Waals surface area contributed by atoms with E-state index in [0.29, 0.717) is 39.9 Å². The van der Waals surface area contributed by atoms with E-state index in [4.69, 9.17) is 21.1 Å². The summed E-state index contributed by atoms with van der Waals surface area (Å²) in [4.78, 5) is 24.1. The molecule has 0 aliphatic heterocycles. The van der Waals surface area contributed by atoms with Crippen LogP contribution in [0.25, 0.3) is 6.08 Å². The number of nitrogens with one attached hydrogen (secondary N) is 2. The van der Waals surface area contributed by atoms with Crippen molar-refractivity contribution in [2.75, 3.05) is 26.1 Å². The molecular weight excluding hydrogens is 380 g/mol. The monoisotopic (exact) mass is 402 g/mol. The first-order chi connectivity index (χ1) is 13.4. The fraction of sp³-hybridized carbons (Fsp3) is 0.238. The Bertz CT molecular complexity index is 910. The zero-order valence-corrected chi connectivity index (χ0v) is 17.0. The number of hydrogen-bond acceptors (Lipinski definition) is 4. The Balaban J connectivity index is 2.19. The van der Waals surface area contributed by atoms with E-state index in [-0.39, 0.29) is 11.8 Å². The molecule has 2 aromatic rings. The normalized spacial score (nSPS) is 10.6. The molecule has 0 unspecified atom stereocenters. The van der Waals surface area contributed by atoms with E-state index in [1.807, 2.05) is 13.8 Å².